The Kier molecular flexibility index (Phi) is 12.1. The molecule has 0 N–H and O–H groups in total. The first-order valence-electron chi connectivity index (χ1n) is 27.5. The Bertz CT molecular complexity index is 3600. The molecule has 0 fully saturated rings. The summed E-state index contributed by atoms with van der Waals surface area (Å²) in [6.45, 7) is 13.7. The van der Waals surface area contributed by atoms with Gasteiger partial charge in [-0.05, 0) is 109 Å². The van der Waals surface area contributed by atoms with Crippen molar-refractivity contribution in [3.05, 3.63) is 278 Å². The molecule has 11 aromatic carbocycles. The van der Waals surface area contributed by atoms with Crippen LogP contribution in [-0.4, -0.2) is 6.71 Å². The molecule has 376 valence electrons. The molecular formula is C74H62BN3. The average Bonchev–Trinajstić information content (AvgIpc) is 3.59. The van der Waals surface area contributed by atoms with E-state index in [0.29, 0.717) is 0 Å². The number of para-hydroxylation sites is 4. The molecular weight excluding hydrogens is 942 g/mol. The van der Waals surface area contributed by atoms with Crippen molar-refractivity contribution in [2.75, 3.05) is 14.7 Å². The van der Waals surface area contributed by atoms with Gasteiger partial charge in [0.2, 0.25) is 0 Å². The highest BCUT2D eigenvalue weighted by Gasteiger charge is 2.45. The topological polar surface area (TPSA) is 9.72 Å². The van der Waals surface area contributed by atoms with Crippen LogP contribution in [0.15, 0.2) is 267 Å². The third-order valence-electron chi connectivity index (χ3n) is 16.0. The van der Waals surface area contributed by atoms with Crippen molar-refractivity contribution in [1.82, 2.24) is 0 Å². The van der Waals surface area contributed by atoms with E-state index in [-0.39, 0.29) is 17.5 Å². The van der Waals surface area contributed by atoms with Crippen molar-refractivity contribution in [1.29, 1.82) is 0 Å². The summed E-state index contributed by atoms with van der Waals surface area (Å²) in [5.41, 5.74) is 25.7. The van der Waals surface area contributed by atoms with Crippen molar-refractivity contribution in [3.8, 4) is 44.5 Å². The first-order chi connectivity index (χ1) is 38.0. The number of hydrogen-bond acceptors (Lipinski definition) is 3. The molecule has 0 aliphatic carbocycles. The maximum absolute atomic E-state index is 2.62. The standard InChI is InChI=1S/C74H62BN3/c1-73(2,3)55-41-45-57(46-42-55)76(58-47-43-56(44-48-58)74(4,5)6)59-49-68-70-69(50-59)78(72-62(53-29-15-9-16-30-53)35-24-36-63(72)54-31-17-10-18-32-54)67-40-22-20-38-65(67)75(70)64-37-19-21-39-66(64)77(68)71-60(51-25-11-7-12-26-51)33-23-34-61(71)52-27-13-8-14-28-52/h7-50H,1-6H3. The third-order valence-corrected chi connectivity index (χ3v) is 16.0. The Morgan fingerprint density at radius 2 is 0.603 bits per heavy atom. The molecule has 0 spiro atoms. The van der Waals surface area contributed by atoms with E-state index in [1.54, 1.807) is 0 Å². The molecule has 78 heavy (non-hydrogen) atoms. The minimum Gasteiger partial charge on any atom is -0.310 e. The summed E-state index contributed by atoms with van der Waals surface area (Å²) in [6.07, 6.45) is 0. The molecule has 0 saturated heterocycles. The monoisotopic (exact) mass is 1000 g/mol. The van der Waals surface area contributed by atoms with Crippen molar-refractivity contribution in [2.45, 2.75) is 52.4 Å². The SMILES string of the molecule is CC(C)(C)c1ccc(N(c2ccc(C(C)(C)C)cc2)c2cc3c4c(c2)N(c2c(-c5ccccc5)cccc2-c2ccccc2)c2ccccc2B4c2ccccc2N3c2c(-c3ccccc3)cccc2-c2ccccc2)cc1. The van der Waals surface area contributed by atoms with Gasteiger partial charge < -0.3 is 14.7 Å². The van der Waals surface area contributed by atoms with Gasteiger partial charge in [-0.1, -0.05) is 260 Å². The number of fused-ring (bicyclic) bond motifs is 4. The fourth-order valence-corrected chi connectivity index (χ4v) is 12.1. The van der Waals surface area contributed by atoms with E-state index in [0.717, 1.165) is 95.7 Å². The quantitative estimate of drug-likeness (QED) is 0.133. The third kappa shape index (κ3) is 8.49. The Hall–Kier alpha value is -9.12. The summed E-state index contributed by atoms with van der Waals surface area (Å²) < 4.78 is 0. The zero-order valence-electron chi connectivity index (χ0n) is 45.3. The van der Waals surface area contributed by atoms with Crippen LogP contribution in [0.4, 0.5) is 51.2 Å². The van der Waals surface area contributed by atoms with Gasteiger partial charge in [-0.2, -0.15) is 0 Å². The fraction of sp³-hybridized carbons (Fsp3) is 0.108. The smallest absolute Gasteiger partial charge is 0.252 e. The van der Waals surface area contributed by atoms with E-state index in [2.05, 4.69) is 323 Å². The van der Waals surface area contributed by atoms with E-state index in [1.165, 1.54) is 27.5 Å². The molecule has 13 rings (SSSR count). The minimum absolute atomic E-state index is 0.0181. The first-order valence-corrected chi connectivity index (χ1v) is 27.5. The summed E-state index contributed by atoms with van der Waals surface area (Å²) >= 11 is 0. The number of hydrogen-bond donors (Lipinski definition) is 0. The lowest BCUT2D eigenvalue weighted by atomic mass is 9.33. The van der Waals surface area contributed by atoms with Gasteiger partial charge in [-0.25, -0.2) is 0 Å². The number of anilines is 9. The molecule has 0 amide bonds. The second kappa shape index (κ2) is 19.5. The molecule has 2 heterocycles. The van der Waals surface area contributed by atoms with Crippen LogP contribution in [0.25, 0.3) is 44.5 Å². The zero-order valence-corrected chi connectivity index (χ0v) is 45.3. The Morgan fingerprint density at radius 3 is 0.923 bits per heavy atom. The second-order valence-corrected chi connectivity index (χ2v) is 22.9. The van der Waals surface area contributed by atoms with Gasteiger partial charge in [-0.3, -0.25) is 0 Å². The van der Waals surface area contributed by atoms with Crippen molar-refractivity contribution in [2.24, 2.45) is 0 Å². The van der Waals surface area contributed by atoms with Crippen LogP contribution >= 0.6 is 0 Å². The lowest BCUT2D eigenvalue weighted by Gasteiger charge is -2.46. The molecule has 4 heteroatoms. The van der Waals surface area contributed by atoms with Crippen molar-refractivity contribution in [3.63, 3.8) is 0 Å². The van der Waals surface area contributed by atoms with Gasteiger partial charge in [0, 0.05) is 56.4 Å². The number of rotatable bonds is 9. The van der Waals surface area contributed by atoms with E-state index in [1.807, 2.05) is 0 Å². The number of nitrogens with zero attached hydrogens (tertiary/aromatic N) is 3. The molecule has 0 aromatic heterocycles. The van der Waals surface area contributed by atoms with E-state index >= 15 is 0 Å². The van der Waals surface area contributed by atoms with Gasteiger partial charge in [0.15, 0.2) is 0 Å². The summed E-state index contributed by atoms with van der Waals surface area (Å²) in [5.74, 6) is 0. The van der Waals surface area contributed by atoms with Gasteiger partial charge in [0.25, 0.3) is 6.71 Å². The summed E-state index contributed by atoms with van der Waals surface area (Å²) in [4.78, 5) is 7.73. The maximum atomic E-state index is 2.62. The van der Waals surface area contributed by atoms with Crippen LogP contribution in [0, 0.1) is 0 Å². The van der Waals surface area contributed by atoms with E-state index in [9.17, 15) is 0 Å². The zero-order chi connectivity index (χ0) is 53.1. The van der Waals surface area contributed by atoms with Crippen LogP contribution in [0.2, 0.25) is 0 Å². The second-order valence-electron chi connectivity index (χ2n) is 22.9. The van der Waals surface area contributed by atoms with Crippen LogP contribution in [0.1, 0.15) is 52.7 Å². The van der Waals surface area contributed by atoms with Gasteiger partial charge >= 0.3 is 0 Å². The molecule has 2 aliphatic heterocycles. The van der Waals surface area contributed by atoms with E-state index < -0.39 is 0 Å². The normalized spacial score (nSPS) is 12.7. The molecule has 11 aromatic rings. The summed E-state index contributed by atoms with van der Waals surface area (Å²) in [5, 5.41) is 0. The Morgan fingerprint density at radius 1 is 0.295 bits per heavy atom. The highest BCUT2D eigenvalue weighted by molar-refractivity contribution is 7.00. The van der Waals surface area contributed by atoms with Crippen LogP contribution in [0.3, 0.4) is 0 Å². The minimum atomic E-state index is -0.0948. The Balaban J connectivity index is 1.20. The molecule has 2 aliphatic rings. The molecule has 0 unspecified atom stereocenters. The van der Waals surface area contributed by atoms with Crippen LogP contribution < -0.4 is 31.1 Å². The van der Waals surface area contributed by atoms with Crippen molar-refractivity contribution >= 4 is 74.3 Å². The van der Waals surface area contributed by atoms with Gasteiger partial charge in [-0.15, -0.1) is 0 Å². The largest absolute Gasteiger partial charge is 0.310 e. The molecule has 0 saturated carbocycles. The molecule has 0 bridgehead atoms. The van der Waals surface area contributed by atoms with E-state index in [4.69, 9.17) is 0 Å². The highest BCUT2D eigenvalue weighted by atomic mass is 15.2. The fourth-order valence-electron chi connectivity index (χ4n) is 12.1. The predicted molar refractivity (Wildman–Crippen MR) is 334 cm³/mol. The predicted octanol–water partition coefficient (Wildman–Crippen LogP) is 18.5. The summed E-state index contributed by atoms with van der Waals surface area (Å²) in [7, 11) is 0. The Labute approximate surface area is 461 Å². The summed E-state index contributed by atoms with van der Waals surface area (Å²) in [6, 6.07) is 99.4. The van der Waals surface area contributed by atoms with Gasteiger partial charge in [0.1, 0.15) is 0 Å². The lowest BCUT2D eigenvalue weighted by Crippen LogP contribution is -2.61. The highest BCUT2D eigenvalue weighted by Crippen LogP contribution is 2.54. The van der Waals surface area contributed by atoms with Crippen LogP contribution in [0.5, 0.6) is 0 Å². The molecule has 0 atom stereocenters. The van der Waals surface area contributed by atoms with Crippen LogP contribution in [-0.2, 0) is 10.8 Å². The molecule has 3 nitrogen and oxygen atoms in total. The van der Waals surface area contributed by atoms with Gasteiger partial charge in [0.05, 0.1) is 17.1 Å². The molecule has 0 radical (unpaired) electrons. The average molecular weight is 1000 g/mol. The number of benzene rings is 11. The van der Waals surface area contributed by atoms with Crippen molar-refractivity contribution < 1.29 is 0 Å². The lowest BCUT2D eigenvalue weighted by molar-refractivity contribution is 0.590. The first kappa shape index (κ1) is 48.5. The maximum Gasteiger partial charge on any atom is 0.252 e.